The van der Waals surface area contributed by atoms with Gasteiger partial charge in [0, 0.05) is 48.2 Å². The van der Waals surface area contributed by atoms with E-state index in [1.807, 2.05) is 11.0 Å². The van der Waals surface area contributed by atoms with Gasteiger partial charge in [-0.15, -0.1) is 0 Å². The first-order valence-electron chi connectivity index (χ1n) is 12.7. The largest absolute Gasteiger partial charge is 0.478 e. The summed E-state index contributed by atoms with van der Waals surface area (Å²) in [5.41, 5.74) is 8.60. The lowest BCUT2D eigenvalue weighted by atomic mass is 9.90. The van der Waals surface area contributed by atoms with Gasteiger partial charge in [-0.25, -0.2) is 4.79 Å². The fraction of sp³-hybridized carbons (Fsp3) is 0.379. The van der Waals surface area contributed by atoms with Crippen molar-refractivity contribution in [2.45, 2.75) is 64.7 Å². The Morgan fingerprint density at radius 3 is 2.63 bits per heavy atom. The van der Waals surface area contributed by atoms with Gasteiger partial charge in [-0.1, -0.05) is 24.3 Å². The first kappa shape index (κ1) is 22.1. The molecule has 3 aromatic rings. The summed E-state index contributed by atoms with van der Waals surface area (Å²) in [6.45, 7) is 5.16. The summed E-state index contributed by atoms with van der Waals surface area (Å²) < 4.78 is 2.15. The van der Waals surface area contributed by atoms with Gasteiger partial charge in [0.2, 0.25) is 0 Å². The summed E-state index contributed by atoms with van der Waals surface area (Å²) in [4.78, 5) is 28.3. The zero-order chi connectivity index (χ0) is 24.1. The predicted molar refractivity (Wildman–Crippen MR) is 135 cm³/mol. The number of carbonyl (C=O) groups excluding carboxylic acids is 1. The Morgan fingerprint density at radius 2 is 1.80 bits per heavy atom. The highest BCUT2D eigenvalue weighted by atomic mass is 16.4. The van der Waals surface area contributed by atoms with E-state index in [1.165, 1.54) is 16.7 Å². The summed E-state index contributed by atoms with van der Waals surface area (Å²) in [5.74, 6) is -0.864. The van der Waals surface area contributed by atoms with Crippen molar-refractivity contribution >= 4 is 11.9 Å². The summed E-state index contributed by atoms with van der Waals surface area (Å²) in [6.07, 6.45) is 4.53. The van der Waals surface area contributed by atoms with Crippen LogP contribution in [0.5, 0.6) is 0 Å². The van der Waals surface area contributed by atoms with Crippen LogP contribution >= 0.6 is 0 Å². The molecule has 3 aliphatic heterocycles. The lowest BCUT2D eigenvalue weighted by Crippen LogP contribution is -2.43. The van der Waals surface area contributed by atoms with E-state index in [2.05, 4.69) is 47.1 Å². The second kappa shape index (κ2) is 8.68. The minimum Gasteiger partial charge on any atom is -0.478 e. The molecule has 3 aliphatic rings. The lowest BCUT2D eigenvalue weighted by Gasteiger charge is -2.36. The Balaban J connectivity index is 1.49. The molecule has 35 heavy (non-hydrogen) atoms. The smallest absolute Gasteiger partial charge is 0.337 e. The van der Waals surface area contributed by atoms with Gasteiger partial charge >= 0.3 is 5.97 Å². The minimum atomic E-state index is -0.891. The van der Waals surface area contributed by atoms with Crippen molar-refractivity contribution in [3.8, 4) is 11.3 Å². The fourth-order valence-electron chi connectivity index (χ4n) is 6.11. The number of amides is 1. The highest BCUT2D eigenvalue weighted by molar-refractivity contribution is 6.02. The number of hydrogen-bond donors (Lipinski definition) is 2. The Hall–Kier alpha value is -3.38. The van der Waals surface area contributed by atoms with E-state index in [4.69, 9.17) is 0 Å². The Kier molecular flexibility index (Phi) is 5.49. The second-order valence-corrected chi connectivity index (χ2v) is 10.2. The fourth-order valence-corrected chi connectivity index (χ4v) is 6.11. The molecule has 1 amide bonds. The summed E-state index contributed by atoms with van der Waals surface area (Å²) in [6, 6.07) is 14.5. The molecule has 1 atom stereocenters. The number of benzene rings is 2. The van der Waals surface area contributed by atoms with Crippen molar-refractivity contribution < 1.29 is 14.7 Å². The lowest BCUT2D eigenvalue weighted by molar-refractivity contribution is 0.0656. The molecule has 6 heteroatoms. The monoisotopic (exact) mass is 469 g/mol. The van der Waals surface area contributed by atoms with Crippen LogP contribution in [0.25, 0.3) is 11.3 Å². The SMILES string of the molecule is C[C@@H]1Cc2ccccc2CN1C(=O)c1cc2c(cc1-c1cc(C(=O)O)c3n1CCCC3)CCNC2. The van der Waals surface area contributed by atoms with Crippen molar-refractivity contribution in [1.29, 1.82) is 0 Å². The van der Waals surface area contributed by atoms with E-state index in [-0.39, 0.29) is 11.9 Å². The van der Waals surface area contributed by atoms with Crippen molar-refractivity contribution in [2.75, 3.05) is 6.54 Å². The number of carboxylic acid groups (broad SMARTS) is 1. The average molecular weight is 470 g/mol. The normalized spacial score (nSPS) is 19.0. The molecule has 4 heterocycles. The molecule has 6 rings (SSSR count). The molecule has 180 valence electrons. The number of hydrogen-bond acceptors (Lipinski definition) is 3. The van der Waals surface area contributed by atoms with Crippen LogP contribution in [-0.4, -0.2) is 39.0 Å². The third-order valence-electron chi connectivity index (χ3n) is 7.98. The molecule has 0 radical (unpaired) electrons. The maximum Gasteiger partial charge on any atom is 0.337 e. The quantitative estimate of drug-likeness (QED) is 0.596. The number of carbonyl (C=O) groups is 2. The summed E-state index contributed by atoms with van der Waals surface area (Å²) in [5, 5.41) is 13.3. The number of rotatable bonds is 3. The topological polar surface area (TPSA) is 74.6 Å². The molecule has 0 unspecified atom stereocenters. The number of nitrogens with one attached hydrogen (secondary N) is 1. The van der Waals surface area contributed by atoms with E-state index in [9.17, 15) is 14.7 Å². The van der Waals surface area contributed by atoms with Crippen molar-refractivity contribution in [1.82, 2.24) is 14.8 Å². The Labute approximate surface area is 205 Å². The maximum absolute atomic E-state index is 14.2. The number of aromatic carboxylic acids is 1. The zero-order valence-corrected chi connectivity index (χ0v) is 20.1. The molecule has 2 aromatic carbocycles. The standard InChI is InChI=1S/C29H31N3O3/c1-18-12-19-6-2-3-7-21(19)17-32(18)28(33)24-14-22-16-30-10-9-20(22)13-23(24)27-15-25(29(34)35)26-8-4-5-11-31(26)27/h2-3,6-7,13-15,18,30H,4-5,8-12,16-17H2,1H3,(H,34,35)/t18-/m1/s1. The predicted octanol–water partition coefficient (Wildman–Crippen LogP) is 4.42. The van der Waals surface area contributed by atoms with Crippen LogP contribution in [0.4, 0.5) is 0 Å². The van der Waals surface area contributed by atoms with Crippen molar-refractivity contribution in [2.24, 2.45) is 0 Å². The van der Waals surface area contributed by atoms with Gasteiger partial charge in [0.05, 0.1) is 5.56 Å². The van der Waals surface area contributed by atoms with Gasteiger partial charge in [0.25, 0.3) is 5.91 Å². The maximum atomic E-state index is 14.2. The molecule has 6 nitrogen and oxygen atoms in total. The molecule has 0 spiro atoms. The van der Waals surface area contributed by atoms with E-state index in [1.54, 1.807) is 6.07 Å². The molecule has 0 saturated heterocycles. The molecule has 0 bridgehead atoms. The van der Waals surface area contributed by atoms with Gasteiger partial charge in [-0.2, -0.15) is 0 Å². The van der Waals surface area contributed by atoms with Crippen LogP contribution in [0, 0.1) is 0 Å². The Morgan fingerprint density at radius 1 is 0.971 bits per heavy atom. The van der Waals surface area contributed by atoms with Gasteiger partial charge < -0.3 is 19.9 Å². The van der Waals surface area contributed by atoms with Crippen LogP contribution in [0.2, 0.25) is 0 Å². The second-order valence-electron chi connectivity index (χ2n) is 10.2. The number of fused-ring (bicyclic) bond motifs is 3. The van der Waals surface area contributed by atoms with Crippen LogP contribution < -0.4 is 5.32 Å². The van der Waals surface area contributed by atoms with Gasteiger partial charge in [0.15, 0.2) is 0 Å². The minimum absolute atomic E-state index is 0.0265. The number of aromatic nitrogens is 1. The van der Waals surface area contributed by atoms with E-state index in [0.29, 0.717) is 17.7 Å². The molecule has 0 fully saturated rings. The molecule has 1 aromatic heterocycles. The Bertz CT molecular complexity index is 1340. The molecule has 0 aliphatic carbocycles. The highest BCUT2D eigenvalue weighted by Crippen LogP contribution is 2.36. The first-order valence-corrected chi connectivity index (χ1v) is 12.7. The van der Waals surface area contributed by atoms with E-state index < -0.39 is 5.97 Å². The third-order valence-corrected chi connectivity index (χ3v) is 7.98. The van der Waals surface area contributed by atoms with Crippen LogP contribution in [-0.2, 0) is 38.9 Å². The first-order chi connectivity index (χ1) is 17.0. The van der Waals surface area contributed by atoms with Crippen LogP contribution in [0.3, 0.4) is 0 Å². The number of nitrogens with zero attached hydrogens (tertiary/aromatic N) is 2. The van der Waals surface area contributed by atoms with Crippen molar-refractivity contribution in [3.05, 3.63) is 81.5 Å². The number of carboxylic acids is 1. The van der Waals surface area contributed by atoms with Crippen LogP contribution in [0.15, 0.2) is 42.5 Å². The highest BCUT2D eigenvalue weighted by Gasteiger charge is 2.32. The van der Waals surface area contributed by atoms with Crippen molar-refractivity contribution in [3.63, 3.8) is 0 Å². The van der Waals surface area contributed by atoms with Gasteiger partial charge in [0.1, 0.15) is 0 Å². The molecule has 2 N–H and O–H groups in total. The average Bonchev–Trinajstić information content (AvgIpc) is 3.27. The molecule has 0 saturated carbocycles. The van der Waals surface area contributed by atoms with E-state index >= 15 is 0 Å². The molecular formula is C29H31N3O3. The van der Waals surface area contributed by atoms with Crippen LogP contribution in [0.1, 0.15) is 68.4 Å². The van der Waals surface area contributed by atoms with Gasteiger partial charge in [-0.05, 0) is 86.0 Å². The molecular weight excluding hydrogens is 438 g/mol. The van der Waals surface area contributed by atoms with E-state index in [0.717, 1.165) is 74.3 Å². The zero-order valence-electron chi connectivity index (χ0n) is 20.1. The summed E-state index contributed by atoms with van der Waals surface area (Å²) in [7, 11) is 0. The third kappa shape index (κ3) is 3.76. The van der Waals surface area contributed by atoms with Gasteiger partial charge in [-0.3, -0.25) is 4.79 Å². The summed E-state index contributed by atoms with van der Waals surface area (Å²) >= 11 is 0.